The Morgan fingerprint density at radius 2 is 1.83 bits per heavy atom. The Kier molecular flexibility index (Phi) is 7.88. The summed E-state index contributed by atoms with van der Waals surface area (Å²) in [5.74, 6) is 1.22. The maximum absolute atomic E-state index is 12.7. The number of hydrogen-bond donors (Lipinski definition) is 0. The Bertz CT molecular complexity index is 1070. The number of allylic oxidation sites excluding steroid dienone is 3. The van der Waals surface area contributed by atoms with Crippen LogP contribution >= 0.6 is 0 Å². The maximum Gasteiger partial charge on any atom is 0.253 e. The number of carbonyl (C=O) groups is 1. The molecule has 4 aliphatic rings. The number of fused-ring (bicyclic) bond motifs is 2. The molecule has 5 rings (SSSR count). The Morgan fingerprint density at radius 1 is 1.06 bits per heavy atom. The van der Waals surface area contributed by atoms with E-state index in [0.29, 0.717) is 23.9 Å². The molecule has 4 nitrogen and oxygen atoms in total. The van der Waals surface area contributed by atoms with Crippen molar-refractivity contribution in [1.29, 1.82) is 0 Å². The van der Waals surface area contributed by atoms with Gasteiger partial charge in [-0.25, -0.2) is 0 Å². The van der Waals surface area contributed by atoms with Crippen molar-refractivity contribution < 1.29 is 4.79 Å². The molecule has 2 unspecified atom stereocenters. The monoisotopic (exact) mass is 485 g/mol. The van der Waals surface area contributed by atoms with Gasteiger partial charge >= 0.3 is 0 Å². The summed E-state index contributed by atoms with van der Waals surface area (Å²) in [7, 11) is 1.89. The van der Waals surface area contributed by atoms with Gasteiger partial charge in [0, 0.05) is 36.4 Å². The van der Waals surface area contributed by atoms with Crippen molar-refractivity contribution >= 4 is 17.3 Å². The van der Waals surface area contributed by atoms with Crippen LogP contribution in [-0.2, 0) is 6.42 Å². The smallest absolute Gasteiger partial charge is 0.253 e. The van der Waals surface area contributed by atoms with Crippen molar-refractivity contribution in [2.45, 2.75) is 96.6 Å². The lowest BCUT2D eigenvalue weighted by atomic mass is 9.69. The number of aryl methyl sites for hydroxylation is 1. The number of rotatable bonds is 7. The topological polar surface area (TPSA) is 45.0 Å². The molecule has 0 radical (unpaired) electrons. The predicted molar refractivity (Wildman–Crippen MR) is 150 cm³/mol. The summed E-state index contributed by atoms with van der Waals surface area (Å²) in [4.78, 5) is 25.2. The molecule has 0 bridgehead atoms. The van der Waals surface area contributed by atoms with Crippen LogP contribution in [0.2, 0.25) is 0 Å². The van der Waals surface area contributed by atoms with E-state index in [1.165, 1.54) is 67.5 Å². The lowest BCUT2D eigenvalue weighted by Gasteiger charge is -2.41. The van der Waals surface area contributed by atoms with E-state index in [1.807, 2.05) is 24.1 Å². The summed E-state index contributed by atoms with van der Waals surface area (Å²) < 4.78 is 0. The Hall–Kier alpha value is -2.49. The molecule has 192 valence electrons. The van der Waals surface area contributed by atoms with Crippen LogP contribution in [0.25, 0.3) is 0 Å². The molecule has 4 heteroatoms. The fourth-order valence-corrected chi connectivity index (χ4v) is 6.45. The Labute approximate surface area is 217 Å². The first-order valence-corrected chi connectivity index (χ1v) is 14.4. The van der Waals surface area contributed by atoms with Gasteiger partial charge in [0.2, 0.25) is 0 Å². The highest BCUT2D eigenvalue weighted by atomic mass is 16.2. The van der Waals surface area contributed by atoms with Crippen LogP contribution in [0.4, 0.5) is 0 Å². The van der Waals surface area contributed by atoms with Gasteiger partial charge < -0.3 is 4.90 Å². The lowest BCUT2D eigenvalue weighted by molar-refractivity contribution is 0.0779. The number of hydrogen-bond acceptors (Lipinski definition) is 3. The second-order valence-corrected chi connectivity index (χ2v) is 11.8. The number of dihydropyridines is 1. The summed E-state index contributed by atoms with van der Waals surface area (Å²) in [6.07, 6.45) is 17.8. The molecule has 1 aromatic rings. The van der Waals surface area contributed by atoms with Crippen molar-refractivity contribution in [2.75, 3.05) is 13.6 Å². The van der Waals surface area contributed by atoms with Crippen LogP contribution in [0.15, 0.2) is 57.5 Å². The quantitative estimate of drug-likeness (QED) is 0.410. The molecular weight excluding hydrogens is 442 g/mol. The van der Waals surface area contributed by atoms with E-state index in [-0.39, 0.29) is 5.91 Å². The fourth-order valence-electron chi connectivity index (χ4n) is 6.45. The molecule has 0 N–H and O–H groups in total. The van der Waals surface area contributed by atoms with Gasteiger partial charge in [0.25, 0.3) is 5.91 Å². The summed E-state index contributed by atoms with van der Waals surface area (Å²) in [5.41, 5.74) is 7.59. The van der Waals surface area contributed by atoms with Crippen molar-refractivity contribution in [3.8, 4) is 0 Å². The van der Waals surface area contributed by atoms with E-state index >= 15 is 0 Å². The average molecular weight is 486 g/mol. The van der Waals surface area contributed by atoms with Crippen LogP contribution in [0.1, 0.15) is 94.0 Å². The Morgan fingerprint density at radius 3 is 2.53 bits per heavy atom. The minimum atomic E-state index is 0.103. The molecule has 2 atom stereocenters. The predicted octanol–water partition coefficient (Wildman–Crippen LogP) is 7.00. The molecule has 1 amide bonds. The van der Waals surface area contributed by atoms with Crippen LogP contribution in [0.5, 0.6) is 0 Å². The van der Waals surface area contributed by atoms with Crippen LogP contribution in [-0.4, -0.2) is 47.9 Å². The molecule has 1 aliphatic heterocycles. The van der Waals surface area contributed by atoms with Gasteiger partial charge in [0.1, 0.15) is 0 Å². The van der Waals surface area contributed by atoms with Gasteiger partial charge in [0.15, 0.2) is 0 Å². The second-order valence-electron chi connectivity index (χ2n) is 11.8. The highest BCUT2D eigenvalue weighted by molar-refractivity contribution is 6.29. The minimum absolute atomic E-state index is 0.103. The zero-order valence-corrected chi connectivity index (χ0v) is 22.5. The van der Waals surface area contributed by atoms with Gasteiger partial charge in [-0.05, 0) is 81.1 Å². The minimum Gasteiger partial charge on any atom is -0.341 e. The van der Waals surface area contributed by atoms with Crippen molar-refractivity contribution in [3.63, 3.8) is 0 Å². The molecule has 2 saturated carbocycles. The van der Waals surface area contributed by atoms with Crippen molar-refractivity contribution in [1.82, 2.24) is 4.90 Å². The third kappa shape index (κ3) is 5.58. The molecule has 1 heterocycles. The lowest BCUT2D eigenvalue weighted by Crippen LogP contribution is -2.38. The molecule has 3 aliphatic carbocycles. The normalized spacial score (nSPS) is 25.2. The maximum atomic E-state index is 12.7. The third-order valence-corrected chi connectivity index (χ3v) is 8.46. The molecule has 2 fully saturated rings. The van der Waals surface area contributed by atoms with Crippen LogP contribution in [0, 0.1) is 11.8 Å². The first-order chi connectivity index (χ1) is 17.5. The van der Waals surface area contributed by atoms with Gasteiger partial charge in [-0.3, -0.25) is 14.8 Å². The molecule has 0 spiro atoms. The number of nitrogens with zero attached hydrogens (tertiary/aromatic N) is 3. The number of carbonyl (C=O) groups excluding carboxylic acids is 1. The average Bonchev–Trinajstić information content (AvgIpc) is 3.06. The van der Waals surface area contributed by atoms with E-state index in [0.717, 1.165) is 37.8 Å². The largest absolute Gasteiger partial charge is 0.341 e. The van der Waals surface area contributed by atoms with E-state index in [9.17, 15) is 4.79 Å². The van der Waals surface area contributed by atoms with Gasteiger partial charge in [-0.15, -0.1) is 0 Å². The summed E-state index contributed by atoms with van der Waals surface area (Å²) in [5, 5.41) is 0. The molecule has 36 heavy (non-hydrogen) atoms. The van der Waals surface area contributed by atoms with E-state index in [1.54, 1.807) is 5.57 Å². The van der Waals surface area contributed by atoms with Crippen molar-refractivity contribution in [2.24, 2.45) is 21.8 Å². The molecule has 0 aromatic heterocycles. The summed E-state index contributed by atoms with van der Waals surface area (Å²) in [6, 6.07) is 9.22. The number of benzene rings is 1. The SMILES string of the molecule is CC(C)CN(C)C(=O)c1ccc(CCC2=NC3CCC3C3=C2C(=NC2CCCCC2)C=CCC3)cc1. The highest BCUT2D eigenvalue weighted by Gasteiger charge is 2.40. The standard InChI is InChI=1S/C32H43N3O/c1-22(2)21-35(3)32(36)24-16-13-23(14-17-24)15-19-30-31-27(26-18-20-28(26)34-30)11-7-8-12-29(31)33-25-9-5-4-6-10-25/h8,12-14,16-17,22,25-26,28H,4-7,9-11,15,18-21H2,1-3H3. The zero-order valence-electron chi connectivity index (χ0n) is 22.5. The molecular formula is C32H43N3O. The molecule has 1 aromatic carbocycles. The van der Waals surface area contributed by atoms with Gasteiger partial charge in [-0.2, -0.15) is 0 Å². The number of amides is 1. The van der Waals surface area contributed by atoms with Crippen molar-refractivity contribution in [3.05, 3.63) is 58.7 Å². The summed E-state index contributed by atoms with van der Waals surface area (Å²) in [6.45, 7) is 5.06. The van der Waals surface area contributed by atoms with Gasteiger partial charge in [0.05, 0.1) is 17.8 Å². The van der Waals surface area contributed by atoms with E-state index in [2.05, 4.69) is 38.1 Å². The fraction of sp³-hybridized carbons (Fsp3) is 0.594. The summed E-state index contributed by atoms with van der Waals surface area (Å²) >= 11 is 0. The number of aliphatic imine (C=N–C) groups is 2. The first kappa shape index (κ1) is 25.2. The van der Waals surface area contributed by atoms with E-state index < -0.39 is 0 Å². The van der Waals surface area contributed by atoms with Crippen LogP contribution < -0.4 is 0 Å². The van der Waals surface area contributed by atoms with E-state index in [4.69, 9.17) is 9.98 Å². The van der Waals surface area contributed by atoms with Gasteiger partial charge in [-0.1, -0.05) is 56.9 Å². The molecule has 0 saturated heterocycles. The first-order valence-electron chi connectivity index (χ1n) is 14.4. The zero-order chi connectivity index (χ0) is 25.1. The highest BCUT2D eigenvalue weighted by Crippen LogP contribution is 2.44. The Balaban J connectivity index is 1.33. The third-order valence-electron chi connectivity index (χ3n) is 8.46. The van der Waals surface area contributed by atoms with Crippen LogP contribution in [0.3, 0.4) is 0 Å². The second kappa shape index (κ2) is 11.3.